The van der Waals surface area contributed by atoms with Crippen molar-refractivity contribution in [2.24, 2.45) is 7.05 Å². The van der Waals surface area contributed by atoms with Crippen LogP contribution in [0.3, 0.4) is 0 Å². The van der Waals surface area contributed by atoms with Gasteiger partial charge in [0.2, 0.25) is 0 Å². The van der Waals surface area contributed by atoms with E-state index in [1.165, 1.54) is 31.4 Å². The maximum absolute atomic E-state index is 13.7. The van der Waals surface area contributed by atoms with Crippen molar-refractivity contribution < 1.29 is 9.18 Å². The van der Waals surface area contributed by atoms with Crippen LogP contribution in [-0.4, -0.2) is 21.6 Å². The van der Waals surface area contributed by atoms with Gasteiger partial charge < -0.3 is 15.2 Å². The molecule has 0 saturated heterocycles. The molecule has 2 aromatic rings. The zero-order valence-electron chi connectivity index (χ0n) is 15.2. The summed E-state index contributed by atoms with van der Waals surface area (Å²) in [5, 5.41) is 6.09. The fourth-order valence-corrected chi connectivity index (χ4v) is 3.60. The first-order valence-corrected chi connectivity index (χ1v) is 9.43. The Bertz CT molecular complexity index is 722. The van der Waals surface area contributed by atoms with Crippen LogP contribution in [0.15, 0.2) is 36.7 Å². The Morgan fingerprint density at radius 1 is 1.23 bits per heavy atom. The van der Waals surface area contributed by atoms with Crippen LogP contribution in [0.1, 0.15) is 62.4 Å². The minimum atomic E-state index is -0.501. The lowest BCUT2D eigenvalue weighted by Crippen LogP contribution is -2.44. The highest BCUT2D eigenvalue weighted by atomic mass is 19.1. The van der Waals surface area contributed by atoms with Crippen LogP contribution in [0.4, 0.5) is 9.18 Å². The summed E-state index contributed by atoms with van der Waals surface area (Å²) in [6, 6.07) is 5.76. The Morgan fingerprint density at radius 2 is 1.96 bits per heavy atom. The topological polar surface area (TPSA) is 59.0 Å². The summed E-state index contributed by atoms with van der Waals surface area (Å²) < 4.78 is 15.5. The fourth-order valence-electron chi connectivity index (χ4n) is 3.60. The smallest absolute Gasteiger partial charge is 0.315 e. The van der Waals surface area contributed by atoms with Crippen LogP contribution in [0, 0.1) is 5.82 Å². The minimum Gasteiger partial charge on any atom is -0.336 e. The van der Waals surface area contributed by atoms with Gasteiger partial charge in [-0.3, -0.25) is 0 Å². The first kappa shape index (κ1) is 18.4. The lowest BCUT2D eigenvalue weighted by molar-refractivity contribution is 0.231. The average Bonchev–Trinajstić information content (AvgIpc) is 3.01. The van der Waals surface area contributed by atoms with Crippen molar-refractivity contribution in [3.8, 4) is 0 Å². The first-order chi connectivity index (χ1) is 12.6. The number of halogens is 1. The summed E-state index contributed by atoms with van der Waals surface area (Å²) in [5.41, 5.74) is 0.673. The van der Waals surface area contributed by atoms with Gasteiger partial charge in [-0.2, -0.15) is 0 Å². The molecule has 1 heterocycles. The molecule has 1 fully saturated rings. The zero-order chi connectivity index (χ0) is 18.4. The van der Waals surface area contributed by atoms with Crippen molar-refractivity contribution in [2.45, 2.75) is 57.0 Å². The average molecular weight is 358 g/mol. The largest absolute Gasteiger partial charge is 0.336 e. The van der Waals surface area contributed by atoms with Gasteiger partial charge in [-0.1, -0.05) is 44.2 Å². The van der Waals surface area contributed by atoms with E-state index in [0.29, 0.717) is 11.4 Å². The molecular formula is C20H27FN4O. The number of amides is 2. The number of nitrogens with zero attached hydrogens (tertiary/aromatic N) is 2. The molecule has 1 unspecified atom stereocenters. The summed E-state index contributed by atoms with van der Waals surface area (Å²) in [4.78, 5) is 17.0. The summed E-state index contributed by atoms with van der Waals surface area (Å²) in [7, 11) is 1.86. The minimum absolute atomic E-state index is 0.199. The van der Waals surface area contributed by atoms with Gasteiger partial charge in [0, 0.05) is 25.5 Å². The molecule has 5 nitrogen and oxygen atoms in total. The van der Waals surface area contributed by atoms with E-state index in [0.717, 1.165) is 25.7 Å². The molecule has 2 amide bonds. The number of benzene rings is 1. The van der Waals surface area contributed by atoms with E-state index in [-0.39, 0.29) is 17.9 Å². The van der Waals surface area contributed by atoms with Gasteiger partial charge in [-0.05, 0) is 30.5 Å². The molecule has 0 aliphatic heterocycles. The molecule has 0 spiro atoms. The first-order valence-electron chi connectivity index (χ1n) is 9.43. The number of hydrogen-bond donors (Lipinski definition) is 2. The van der Waals surface area contributed by atoms with E-state index in [4.69, 9.17) is 0 Å². The van der Waals surface area contributed by atoms with E-state index >= 15 is 0 Å². The van der Waals surface area contributed by atoms with Gasteiger partial charge in [0.15, 0.2) is 0 Å². The van der Waals surface area contributed by atoms with E-state index in [1.807, 2.05) is 17.8 Å². The second kappa shape index (κ2) is 8.83. The second-order valence-electron chi connectivity index (χ2n) is 7.04. The molecule has 1 aromatic heterocycles. The van der Waals surface area contributed by atoms with Gasteiger partial charge >= 0.3 is 6.03 Å². The van der Waals surface area contributed by atoms with Gasteiger partial charge in [-0.25, -0.2) is 14.2 Å². The van der Waals surface area contributed by atoms with Crippen molar-refractivity contribution in [1.82, 2.24) is 20.2 Å². The molecule has 1 atom stereocenters. The molecule has 1 aliphatic rings. The molecular weight excluding hydrogens is 331 g/mol. The number of nitrogens with one attached hydrogen (secondary N) is 2. The second-order valence-corrected chi connectivity index (χ2v) is 7.04. The number of aryl methyl sites for hydroxylation is 1. The number of carbonyl (C=O) groups is 1. The van der Waals surface area contributed by atoms with Crippen LogP contribution < -0.4 is 10.6 Å². The number of hydrogen-bond acceptors (Lipinski definition) is 2. The number of imidazole rings is 1. The SMILES string of the molecule is Cn1ccnc1C(NC(=O)NC1CCCCCCC1)c1cccc(F)c1. The maximum atomic E-state index is 13.7. The number of rotatable bonds is 4. The van der Waals surface area contributed by atoms with Gasteiger partial charge in [-0.15, -0.1) is 0 Å². The van der Waals surface area contributed by atoms with Crippen molar-refractivity contribution >= 4 is 6.03 Å². The predicted octanol–water partition coefficient (Wildman–Crippen LogP) is 4.06. The van der Waals surface area contributed by atoms with Crippen molar-refractivity contribution in [3.63, 3.8) is 0 Å². The van der Waals surface area contributed by atoms with Gasteiger partial charge in [0.05, 0.1) is 0 Å². The van der Waals surface area contributed by atoms with E-state index < -0.39 is 6.04 Å². The maximum Gasteiger partial charge on any atom is 0.315 e. The molecule has 3 rings (SSSR count). The third-order valence-electron chi connectivity index (χ3n) is 5.01. The Morgan fingerprint density at radius 3 is 2.62 bits per heavy atom. The molecule has 26 heavy (non-hydrogen) atoms. The number of carbonyl (C=O) groups excluding carboxylic acids is 1. The van der Waals surface area contributed by atoms with Gasteiger partial charge in [0.25, 0.3) is 0 Å². The highest BCUT2D eigenvalue weighted by molar-refractivity contribution is 5.75. The standard InChI is InChI=1S/C20H27FN4O/c1-25-13-12-22-19(25)18(15-8-7-9-16(21)14-15)24-20(26)23-17-10-5-3-2-4-6-11-17/h7-9,12-14,17-18H,2-6,10-11H2,1H3,(H2,23,24,26). The lowest BCUT2D eigenvalue weighted by atomic mass is 9.97. The molecule has 0 bridgehead atoms. The van der Waals surface area contributed by atoms with Gasteiger partial charge in [0.1, 0.15) is 17.7 Å². The summed E-state index contributed by atoms with van der Waals surface area (Å²) >= 11 is 0. The monoisotopic (exact) mass is 358 g/mol. The van der Waals surface area contributed by atoms with Crippen LogP contribution in [-0.2, 0) is 7.05 Å². The molecule has 0 radical (unpaired) electrons. The summed E-state index contributed by atoms with van der Waals surface area (Å²) in [6.45, 7) is 0. The third kappa shape index (κ3) is 4.84. The Balaban J connectivity index is 1.73. The van der Waals surface area contributed by atoms with Crippen LogP contribution >= 0.6 is 0 Å². The number of aromatic nitrogens is 2. The van der Waals surface area contributed by atoms with E-state index in [2.05, 4.69) is 15.6 Å². The molecule has 1 saturated carbocycles. The zero-order valence-corrected chi connectivity index (χ0v) is 15.2. The Hall–Kier alpha value is -2.37. The van der Waals surface area contributed by atoms with Crippen molar-refractivity contribution in [3.05, 3.63) is 53.9 Å². The Kier molecular flexibility index (Phi) is 6.26. The molecule has 1 aromatic carbocycles. The lowest BCUT2D eigenvalue weighted by Gasteiger charge is -2.24. The van der Waals surface area contributed by atoms with Crippen LogP contribution in [0.25, 0.3) is 0 Å². The van der Waals surface area contributed by atoms with E-state index in [9.17, 15) is 9.18 Å². The van der Waals surface area contributed by atoms with E-state index in [1.54, 1.807) is 18.3 Å². The summed E-state index contributed by atoms with van der Waals surface area (Å²) in [6.07, 6.45) is 11.6. The number of urea groups is 1. The summed E-state index contributed by atoms with van der Waals surface area (Å²) in [5.74, 6) is 0.340. The predicted molar refractivity (Wildman–Crippen MR) is 99.2 cm³/mol. The quantitative estimate of drug-likeness (QED) is 0.866. The molecule has 140 valence electrons. The highest BCUT2D eigenvalue weighted by Crippen LogP contribution is 2.22. The van der Waals surface area contributed by atoms with Crippen LogP contribution in [0.2, 0.25) is 0 Å². The third-order valence-corrected chi connectivity index (χ3v) is 5.01. The Labute approximate surface area is 154 Å². The molecule has 1 aliphatic carbocycles. The normalized spacial score (nSPS) is 17.2. The fraction of sp³-hybridized carbons (Fsp3) is 0.500. The highest BCUT2D eigenvalue weighted by Gasteiger charge is 2.22. The molecule has 6 heteroatoms. The van der Waals surface area contributed by atoms with Crippen molar-refractivity contribution in [2.75, 3.05) is 0 Å². The molecule has 2 N–H and O–H groups in total. The van der Waals surface area contributed by atoms with Crippen molar-refractivity contribution in [1.29, 1.82) is 0 Å². The van der Waals surface area contributed by atoms with Crippen LogP contribution in [0.5, 0.6) is 0 Å².